The quantitative estimate of drug-likeness (QED) is 0.415. The molecule has 0 aliphatic heterocycles. The second-order valence-corrected chi connectivity index (χ2v) is 3.61. The highest BCUT2D eigenvalue weighted by Gasteiger charge is 2.21. The number of carbonyl (C=O) groups excluding carboxylic acids is 1. The van der Waals surface area contributed by atoms with Crippen LogP contribution in [0.15, 0.2) is 36.9 Å². The predicted molar refractivity (Wildman–Crippen MR) is 71.7 cm³/mol. The summed E-state index contributed by atoms with van der Waals surface area (Å²) in [5.74, 6) is -1.40. The minimum absolute atomic E-state index is 0.110. The Bertz CT molecular complexity index is 668. The fourth-order valence-corrected chi connectivity index (χ4v) is 1.33. The summed E-state index contributed by atoms with van der Waals surface area (Å²) < 4.78 is 1.19. The van der Waals surface area contributed by atoms with Crippen molar-refractivity contribution < 1.29 is 19.6 Å². The Kier molecular flexibility index (Phi) is 4.95. The zero-order valence-electron chi connectivity index (χ0n) is 10.5. The Hall–Kier alpha value is -3.43. The molecule has 10 heteroatoms. The molecule has 2 aromatic rings. The second-order valence-electron chi connectivity index (χ2n) is 3.61. The lowest BCUT2D eigenvalue weighted by molar-refractivity contribution is -0.385. The van der Waals surface area contributed by atoms with Crippen molar-refractivity contribution in [1.82, 2.24) is 9.55 Å². The van der Waals surface area contributed by atoms with E-state index in [1.165, 1.54) is 35.4 Å². The van der Waals surface area contributed by atoms with Crippen molar-refractivity contribution in [2.24, 2.45) is 5.73 Å². The molecular weight excluding hydrogens is 282 g/mol. The van der Waals surface area contributed by atoms with Crippen LogP contribution in [-0.2, 0) is 0 Å². The van der Waals surface area contributed by atoms with Crippen LogP contribution in [0.5, 0.6) is 0 Å². The maximum atomic E-state index is 10.6. The van der Waals surface area contributed by atoms with Gasteiger partial charge in [0.25, 0.3) is 5.69 Å². The lowest BCUT2D eigenvalue weighted by atomic mass is 10.1. The number of carbonyl (C=O) groups is 2. The van der Waals surface area contributed by atoms with Crippen LogP contribution in [0.2, 0.25) is 0 Å². The molecule has 0 atom stereocenters. The van der Waals surface area contributed by atoms with Crippen LogP contribution in [-0.4, -0.2) is 31.6 Å². The van der Waals surface area contributed by atoms with Gasteiger partial charge >= 0.3 is 12.0 Å². The number of aromatic nitrogens is 2. The zero-order chi connectivity index (χ0) is 16.0. The van der Waals surface area contributed by atoms with E-state index < -0.39 is 28.2 Å². The second kappa shape index (κ2) is 6.65. The van der Waals surface area contributed by atoms with E-state index in [-0.39, 0.29) is 5.69 Å². The number of benzene rings is 1. The van der Waals surface area contributed by atoms with Gasteiger partial charge in [-0.05, 0) is 6.07 Å². The summed E-state index contributed by atoms with van der Waals surface area (Å²) in [6.07, 6.45) is 4.33. The molecule has 0 radical (unpaired) electrons. The molecule has 10 nitrogen and oxygen atoms in total. The number of nitrogens with two attached hydrogens (primary N) is 2. The first-order valence-corrected chi connectivity index (χ1v) is 5.38. The van der Waals surface area contributed by atoms with E-state index in [1.54, 1.807) is 0 Å². The van der Waals surface area contributed by atoms with Crippen molar-refractivity contribution in [2.45, 2.75) is 0 Å². The molecule has 1 aromatic heterocycles. The molecule has 1 aromatic carbocycles. The number of carboxylic acid groups (broad SMARTS) is 1. The smallest absolute Gasteiger partial charge is 0.344 e. The number of aromatic carboxylic acids is 1. The summed E-state index contributed by atoms with van der Waals surface area (Å²) in [5, 5.41) is 19.0. The standard InChI is InChI=1S/C7H6N2O4.C4H5N3O/c8-4-2-1-3-5(9(12)13)6(4)7(10)11;5-4(8)7-2-1-6-3-7/h1-3H,8H2,(H,10,11);1-3H,(H2,5,8). The van der Waals surface area contributed by atoms with Gasteiger partial charge < -0.3 is 16.6 Å². The minimum atomic E-state index is -1.40. The number of nitrogen functional groups attached to an aromatic ring is 1. The van der Waals surface area contributed by atoms with E-state index in [0.717, 1.165) is 6.07 Å². The number of nitro groups is 1. The van der Waals surface area contributed by atoms with E-state index in [2.05, 4.69) is 4.98 Å². The van der Waals surface area contributed by atoms with Gasteiger partial charge in [-0.1, -0.05) is 6.07 Å². The summed E-state index contributed by atoms with van der Waals surface area (Å²) in [7, 11) is 0. The number of primary amides is 1. The lowest BCUT2D eigenvalue weighted by Crippen LogP contribution is -2.17. The average molecular weight is 293 g/mol. The Labute approximate surface area is 117 Å². The normalized spacial score (nSPS) is 9.33. The number of amides is 1. The molecule has 5 N–H and O–H groups in total. The van der Waals surface area contributed by atoms with Crippen molar-refractivity contribution >= 4 is 23.4 Å². The first kappa shape index (κ1) is 15.6. The van der Waals surface area contributed by atoms with E-state index in [1.807, 2.05) is 0 Å². The molecule has 0 fully saturated rings. The molecule has 1 heterocycles. The SMILES string of the molecule is NC(=O)n1ccnc1.Nc1cccc([N+](=O)[O-])c1C(=O)O. The minimum Gasteiger partial charge on any atom is -0.477 e. The van der Waals surface area contributed by atoms with Gasteiger partial charge in [-0.15, -0.1) is 0 Å². The molecule has 110 valence electrons. The third-order valence-corrected chi connectivity index (χ3v) is 2.24. The first-order valence-electron chi connectivity index (χ1n) is 5.38. The Balaban J connectivity index is 0.000000235. The molecule has 1 amide bonds. The third-order valence-electron chi connectivity index (χ3n) is 2.24. The molecule has 0 saturated heterocycles. The van der Waals surface area contributed by atoms with Crippen LogP contribution in [0, 0.1) is 10.1 Å². The molecule has 0 spiro atoms. The molecule has 0 aliphatic rings. The van der Waals surface area contributed by atoms with E-state index in [0.29, 0.717) is 0 Å². The number of nitrogens with zero attached hydrogens (tertiary/aromatic N) is 3. The van der Waals surface area contributed by atoms with E-state index in [4.69, 9.17) is 16.6 Å². The Morgan fingerprint density at radius 3 is 2.38 bits per heavy atom. The van der Waals surface area contributed by atoms with Crippen LogP contribution in [0.1, 0.15) is 10.4 Å². The van der Waals surface area contributed by atoms with Crippen LogP contribution in [0.4, 0.5) is 16.2 Å². The summed E-state index contributed by atoms with van der Waals surface area (Å²) >= 11 is 0. The van der Waals surface area contributed by atoms with E-state index >= 15 is 0 Å². The average Bonchev–Trinajstić information content (AvgIpc) is 2.92. The Morgan fingerprint density at radius 2 is 2.05 bits per heavy atom. The molecule has 0 unspecified atom stereocenters. The maximum absolute atomic E-state index is 10.6. The summed E-state index contributed by atoms with van der Waals surface area (Å²) in [6.45, 7) is 0. The number of anilines is 1. The fourth-order valence-electron chi connectivity index (χ4n) is 1.33. The largest absolute Gasteiger partial charge is 0.477 e. The van der Waals surface area contributed by atoms with Crippen molar-refractivity contribution in [3.8, 4) is 0 Å². The predicted octanol–water partition coefficient (Wildman–Crippen LogP) is 0.685. The molecule has 0 bridgehead atoms. The highest BCUT2D eigenvalue weighted by molar-refractivity contribution is 5.98. The zero-order valence-corrected chi connectivity index (χ0v) is 10.5. The molecule has 0 saturated carbocycles. The molecular formula is C11H11N5O5. The maximum Gasteiger partial charge on any atom is 0.344 e. The Morgan fingerprint density at radius 1 is 1.38 bits per heavy atom. The third kappa shape index (κ3) is 4.02. The van der Waals surface area contributed by atoms with Gasteiger partial charge in [-0.25, -0.2) is 14.6 Å². The molecule has 0 aliphatic carbocycles. The summed E-state index contributed by atoms with van der Waals surface area (Å²) in [4.78, 5) is 34.0. The highest BCUT2D eigenvalue weighted by Crippen LogP contribution is 2.23. The van der Waals surface area contributed by atoms with Gasteiger partial charge in [0.05, 0.1) is 10.6 Å². The topological polar surface area (TPSA) is 167 Å². The fraction of sp³-hybridized carbons (Fsp3) is 0. The van der Waals surface area contributed by atoms with Crippen molar-refractivity contribution in [3.63, 3.8) is 0 Å². The van der Waals surface area contributed by atoms with Gasteiger partial charge in [0, 0.05) is 18.5 Å². The van der Waals surface area contributed by atoms with Gasteiger partial charge in [-0.3, -0.25) is 14.7 Å². The van der Waals surface area contributed by atoms with Crippen molar-refractivity contribution in [2.75, 3.05) is 5.73 Å². The van der Waals surface area contributed by atoms with E-state index in [9.17, 15) is 19.7 Å². The number of hydrogen-bond acceptors (Lipinski definition) is 6. The number of hydrogen-bond donors (Lipinski definition) is 3. The van der Waals surface area contributed by atoms with Crippen LogP contribution in [0.3, 0.4) is 0 Å². The monoisotopic (exact) mass is 293 g/mol. The van der Waals surface area contributed by atoms with Crippen molar-refractivity contribution in [1.29, 1.82) is 0 Å². The number of rotatable bonds is 2. The van der Waals surface area contributed by atoms with Crippen molar-refractivity contribution in [3.05, 3.63) is 52.6 Å². The van der Waals surface area contributed by atoms with Gasteiger partial charge in [0.1, 0.15) is 6.33 Å². The van der Waals surface area contributed by atoms with Gasteiger partial charge in [0.2, 0.25) is 0 Å². The number of carboxylic acids is 1. The number of nitro benzene ring substituents is 1. The van der Waals surface area contributed by atoms with Gasteiger partial charge in [0.15, 0.2) is 5.56 Å². The summed E-state index contributed by atoms with van der Waals surface area (Å²) in [6, 6.07) is 3.22. The molecule has 2 rings (SSSR count). The lowest BCUT2D eigenvalue weighted by Gasteiger charge is -2.00. The first-order chi connectivity index (χ1) is 9.84. The van der Waals surface area contributed by atoms with Gasteiger partial charge in [-0.2, -0.15) is 0 Å². The summed E-state index contributed by atoms with van der Waals surface area (Å²) in [5.41, 5.74) is 9.05. The van der Waals surface area contributed by atoms with Crippen LogP contribution in [0.25, 0.3) is 0 Å². The molecule has 21 heavy (non-hydrogen) atoms. The van der Waals surface area contributed by atoms with Crippen LogP contribution >= 0.6 is 0 Å². The van der Waals surface area contributed by atoms with Crippen LogP contribution < -0.4 is 11.5 Å². The highest BCUT2D eigenvalue weighted by atomic mass is 16.6. The number of imidazole rings is 1.